The van der Waals surface area contributed by atoms with E-state index in [0.717, 1.165) is 10.5 Å². The number of hydrogen-bond acceptors (Lipinski definition) is 1. The molecule has 0 atom stereocenters. The lowest BCUT2D eigenvalue weighted by Gasteiger charge is -1.76. The van der Waals surface area contributed by atoms with Crippen LogP contribution in [-0.2, 0) is 0 Å². The lowest BCUT2D eigenvalue weighted by atomic mass is 10.3. The van der Waals surface area contributed by atoms with Crippen LogP contribution in [0.5, 0.6) is 0 Å². The van der Waals surface area contributed by atoms with Crippen molar-refractivity contribution in [1.82, 2.24) is 0 Å². The molecule has 50 valence electrons. The molecule has 1 heteroatoms. The first-order chi connectivity index (χ1) is 4.79. The molecule has 1 rings (SSSR count). The molecule has 0 radical (unpaired) electrons. The maximum Gasteiger partial charge on any atom is 0.0772 e. The van der Waals surface area contributed by atoms with Crippen LogP contribution in [0.3, 0.4) is 0 Å². The van der Waals surface area contributed by atoms with Crippen LogP contribution in [0.1, 0.15) is 11.8 Å². The summed E-state index contributed by atoms with van der Waals surface area (Å²) < 4.78 is 0. The van der Waals surface area contributed by atoms with Crippen molar-refractivity contribution in [3.8, 4) is 11.8 Å². The molecule has 0 nitrogen and oxygen atoms in total. The van der Waals surface area contributed by atoms with Crippen molar-refractivity contribution in [3.05, 3.63) is 34.5 Å². The van der Waals surface area contributed by atoms with Gasteiger partial charge in [-0.2, -0.15) is 0 Å². The summed E-state index contributed by atoms with van der Waals surface area (Å²) in [5.74, 6) is 5.91. The Kier molecular flexibility index (Phi) is 2.30. The summed E-state index contributed by atoms with van der Waals surface area (Å²) >= 11 is 1.65. The Morgan fingerprint density at radius 2 is 2.50 bits per heavy atom. The third-order valence-electron chi connectivity index (χ3n) is 0.920. The molecule has 1 heterocycles. The van der Waals surface area contributed by atoms with Crippen LogP contribution in [0.4, 0.5) is 0 Å². The normalized spacial score (nSPS) is 8.10. The second-order valence-corrected chi connectivity index (χ2v) is 2.96. The van der Waals surface area contributed by atoms with Crippen molar-refractivity contribution in [2.75, 3.05) is 0 Å². The molecule has 0 saturated heterocycles. The Balaban J connectivity index is 2.75. The van der Waals surface area contributed by atoms with Crippen molar-refractivity contribution < 1.29 is 0 Å². The van der Waals surface area contributed by atoms with E-state index in [0.29, 0.717) is 0 Å². The first-order valence-corrected chi connectivity index (χ1v) is 3.88. The predicted molar refractivity (Wildman–Crippen MR) is 46.0 cm³/mol. The van der Waals surface area contributed by atoms with Gasteiger partial charge in [0, 0.05) is 0 Å². The highest BCUT2D eigenvalue weighted by Crippen LogP contribution is 2.05. The molecule has 1 aromatic heterocycles. The minimum Gasteiger partial charge on any atom is -0.135 e. The molecular weight excluding hydrogens is 140 g/mol. The standard InChI is InChI=1S/C9H8S/c1-8(2)5-6-9-4-3-7-10-9/h3-4,7H,1H2,2H3. The largest absolute Gasteiger partial charge is 0.135 e. The van der Waals surface area contributed by atoms with Gasteiger partial charge in [-0.1, -0.05) is 24.5 Å². The third-order valence-corrected chi connectivity index (χ3v) is 1.71. The highest BCUT2D eigenvalue weighted by Gasteiger charge is 1.82. The average Bonchev–Trinajstić information content (AvgIpc) is 2.34. The summed E-state index contributed by atoms with van der Waals surface area (Å²) in [5.41, 5.74) is 0.911. The zero-order valence-corrected chi connectivity index (χ0v) is 6.66. The lowest BCUT2D eigenvalue weighted by Crippen LogP contribution is -1.62. The van der Waals surface area contributed by atoms with Crippen LogP contribution >= 0.6 is 11.3 Å². The molecule has 0 aliphatic heterocycles. The average molecular weight is 148 g/mol. The maximum absolute atomic E-state index is 3.69. The van der Waals surface area contributed by atoms with Gasteiger partial charge in [0.2, 0.25) is 0 Å². The van der Waals surface area contributed by atoms with Crippen molar-refractivity contribution in [2.24, 2.45) is 0 Å². The molecular formula is C9H8S. The molecule has 0 spiro atoms. The van der Waals surface area contributed by atoms with Crippen LogP contribution in [0.25, 0.3) is 0 Å². The Labute approximate surface area is 65.2 Å². The Hall–Kier alpha value is -1.000. The van der Waals surface area contributed by atoms with Gasteiger partial charge in [-0.15, -0.1) is 11.3 Å². The van der Waals surface area contributed by atoms with Crippen LogP contribution in [0, 0.1) is 11.8 Å². The fraction of sp³-hybridized carbons (Fsp3) is 0.111. The number of rotatable bonds is 0. The quantitative estimate of drug-likeness (QED) is 0.496. The van der Waals surface area contributed by atoms with Gasteiger partial charge in [0.15, 0.2) is 0 Å². The van der Waals surface area contributed by atoms with Gasteiger partial charge in [-0.05, 0) is 23.9 Å². The monoisotopic (exact) mass is 148 g/mol. The van der Waals surface area contributed by atoms with Gasteiger partial charge in [0.05, 0.1) is 4.88 Å². The number of hydrogen-bond donors (Lipinski definition) is 0. The Morgan fingerprint density at radius 1 is 1.70 bits per heavy atom. The van der Waals surface area contributed by atoms with Gasteiger partial charge in [0.25, 0.3) is 0 Å². The summed E-state index contributed by atoms with van der Waals surface area (Å²) in [6.07, 6.45) is 0. The molecule has 1 aromatic rings. The smallest absolute Gasteiger partial charge is 0.0772 e. The zero-order valence-electron chi connectivity index (χ0n) is 5.85. The highest BCUT2D eigenvalue weighted by atomic mass is 32.1. The minimum absolute atomic E-state index is 0.911. The lowest BCUT2D eigenvalue weighted by molar-refractivity contribution is 1.62. The summed E-state index contributed by atoms with van der Waals surface area (Å²) in [6.45, 7) is 5.59. The molecule has 0 saturated carbocycles. The topological polar surface area (TPSA) is 0 Å². The second kappa shape index (κ2) is 3.24. The molecule has 0 amide bonds. The van der Waals surface area contributed by atoms with Gasteiger partial charge in [-0.25, -0.2) is 0 Å². The number of allylic oxidation sites excluding steroid dienone is 1. The van der Waals surface area contributed by atoms with E-state index in [2.05, 4.69) is 18.4 Å². The van der Waals surface area contributed by atoms with E-state index in [-0.39, 0.29) is 0 Å². The summed E-state index contributed by atoms with van der Waals surface area (Å²) in [5, 5.41) is 2.02. The van der Waals surface area contributed by atoms with E-state index in [1.54, 1.807) is 11.3 Å². The van der Waals surface area contributed by atoms with E-state index in [9.17, 15) is 0 Å². The Bertz CT molecular complexity index is 269. The fourth-order valence-corrected chi connectivity index (χ4v) is 1.09. The first-order valence-electron chi connectivity index (χ1n) is 3.00. The van der Waals surface area contributed by atoms with Gasteiger partial charge < -0.3 is 0 Å². The van der Waals surface area contributed by atoms with Crippen molar-refractivity contribution in [3.63, 3.8) is 0 Å². The van der Waals surface area contributed by atoms with Gasteiger partial charge in [-0.3, -0.25) is 0 Å². The molecule has 0 unspecified atom stereocenters. The predicted octanol–water partition coefficient (Wildman–Crippen LogP) is 2.68. The van der Waals surface area contributed by atoms with Gasteiger partial charge >= 0.3 is 0 Å². The van der Waals surface area contributed by atoms with Crippen molar-refractivity contribution in [2.45, 2.75) is 6.92 Å². The van der Waals surface area contributed by atoms with E-state index < -0.39 is 0 Å². The van der Waals surface area contributed by atoms with Crippen LogP contribution < -0.4 is 0 Å². The fourth-order valence-electron chi connectivity index (χ4n) is 0.518. The summed E-state index contributed by atoms with van der Waals surface area (Å²) in [7, 11) is 0. The molecule has 0 fully saturated rings. The van der Waals surface area contributed by atoms with Crippen LogP contribution in [-0.4, -0.2) is 0 Å². The van der Waals surface area contributed by atoms with E-state index in [1.165, 1.54) is 0 Å². The van der Waals surface area contributed by atoms with Crippen LogP contribution in [0.15, 0.2) is 29.7 Å². The van der Waals surface area contributed by atoms with E-state index in [1.807, 2.05) is 24.4 Å². The van der Waals surface area contributed by atoms with Crippen molar-refractivity contribution in [1.29, 1.82) is 0 Å². The summed E-state index contributed by atoms with van der Waals surface area (Å²) in [4.78, 5) is 1.10. The minimum atomic E-state index is 0.911. The molecule has 0 aliphatic carbocycles. The van der Waals surface area contributed by atoms with Crippen LogP contribution in [0.2, 0.25) is 0 Å². The first kappa shape index (κ1) is 7.11. The molecule has 0 bridgehead atoms. The number of thiophene rings is 1. The molecule has 0 aromatic carbocycles. The molecule has 0 aliphatic rings. The second-order valence-electron chi connectivity index (χ2n) is 2.01. The van der Waals surface area contributed by atoms with E-state index >= 15 is 0 Å². The molecule has 10 heavy (non-hydrogen) atoms. The highest BCUT2D eigenvalue weighted by molar-refractivity contribution is 7.10. The Morgan fingerprint density at radius 3 is 3.00 bits per heavy atom. The van der Waals surface area contributed by atoms with Gasteiger partial charge in [0.1, 0.15) is 0 Å². The summed E-state index contributed by atoms with van der Waals surface area (Å²) in [6, 6.07) is 3.99. The van der Waals surface area contributed by atoms with Crippen molar-refractivity contribution >= 4 is 11.3 Å². The zero-order chi connectivity index (χ0) is 7.40. The van der Waals surface area contributed by atoms with E-state index in [4.69, 9.17) is 0 Å². The molecule has 0 N–H and O–H groups in total. The SMILES string of the molecule is C=C(C)C#Cc1cccs1. The maximum atomic E-state index is 3.69. The third kappa shape index (κ3) is 2.08.